The fourth-order valence-corrected chi connectivity index (χ4v) is 5.94. The van der Waals surface area contributed by atoms with Crippen LogP contribution in [-0.2, 0) is 32.6 Å². The van der Waals surface area contributed by atoms with Crippen LogP contribution in [0.3, 0.4) is 0 Å². The topological polar surface area (TPSA) is 96.0 Å². The Hall–Kier alpha value is -3.27. The molecule has 1 N–H and O–H groups in total. The van der Waals surface area contributed by atoms with Gasteiger partial charge in [0.15, 0.2) is 0 Å². The first-order valence-corrected chi connectivity index (χ1v) is 16.8. The SMILES string of the molecule is CCCCNC(=O)[C@H](Cc1ccccc1)N(Cc1ccc(Cl)c(Cl)c1)C(=O)CCCN(c1cccc(OC)c1)S(C)(=O)=O. The van der Waals surface area contributed by atoms with Crippen molar-refractivity contribution in [3.05, 3.63) is 94.0 Å². The largest absolute Gasteiger partial charge is 0.497 e. The van der Waals surface area contributed by atoms with E-state index in [1.165, 1.54) is 11.4 Å². The van der Waals surface area contributed by atoms with Gasteiger partial charge >= 0.3 is 0 Å². The van der Waals surface area contributed by atoms with Gasteiger partial charge in [0.1, 0.15) is 11.8 Å². The van der Waals surface area contributed by atoms with E-state index in [1.807, 2.05) is 37.3 Å². The first kappa shape index (κ1) is 34.2. The van der Waals surface area contributed by atoms with Crippen molar-refractivity contribution < 1.29 is 22.7 Å². The summed E-state index contributed by atoms with van der Waals surface area (Å²) >= 11 is 12.4. The number of methoxy groups -OCH3 is 1. The number of unbranched alkanes of at least 4 members (excludes halogenated alkanes) is 1. The summed E-state index contributed by atoms with van der Waals surface area (Å²) in [5.41, 5.74) is 2.07. The molecule has 0 saturated heterocycles. The van der Waals surface area contributed by atoms with Crippen molar-refractivity contribution in [2.75, 3.05) is 30.8 Å². The van der Waals surface area contributed by atoms with Crippen LogP contribution in [0.25, 0.3) is 0 Å². The van der Waals surface area contributed by atoms with E-state index < -0.39 is 16.1 Å². The molecule has 3 rings (SSSR count). The van der Waals surface area contributed by atoms with Crippen LogP contribution in [0.2, 0.25) is 10.0 Å². The monoisotopic (exact) mass is 647 g/mol. The van der Waals surface area contributed by atoms with Crippen molar-refractivity contribution in [3.63, 3.8) is 0 Å². The predicted octanol–water partition coefficient (Wildman–Crippen LogP) is 6.10. The van der Waals surface area contributed by atoms with E-state index in [-0.39, 0.29) is 37.7 Å². The predicted molar refractivity (Wildman–Crippen MR) is 173 cm³/mol. The number of carbonyl (C=O) groups is 2. The molecule has 0 aromatic heterocycles. The number of hydrogen-bond donors (Lipinski definition) is 1. The molecule has 8 nitrogen and oxygen atoms in total. The zero-order valence-corrected chi connectivity index (χ0v) is 27.1. The summed E-state index contributed by atoms with van der Waals surface area (Å²) in [5.74, 6) is -0.00976. The van der Waals surface area contributed by atoms with Gasteiger partial charge in [-0.05, 0) is 48.2 Å². The lowest BCUT2D eigenvalue weighted by atomic mass is 10.0. The Bertz CT molecular complexity index is 1470. The van der Waals surface area contributed by atoms with E-state index in [0.29, 0.717) is 34.4 Å². The second kappa shape index (κ2) is 16.5. The minimum Gasteiger partial charge on any atom is -0.497 e. The molecule has 0 unspecified atom stereocenters. The molecule has 11 heteroatoms. The van der Waals surface area contributed by atoms with Gasteiger partial charge in [-0.1, -0.05) is 79.0 Å². The molecule has 0 fully saturated rings. The number of hydrogen-bond acceptors (Lipinski definition) is 5. The van der Waals surface area contributed by atoms with Crippen molar-refractivity contribution >= 4 is 50.7 Å². The lowest BCUT2D eigenvalue weighted by Crippen LogP contribution is -2.50. The van der Waals surface area contributed by atoms with E-state index in [4.69, 9.17) is 27.9 Å². The molecule has 0 saturated carbocycles. The number of nitrogens with zero attached hydrogens (tertiary/aromatic N) is 2. The number of anilines is 1. The Morgan fingerprint density at radius 1 is 0.930 bits per heavy atom. The summed E-state index contributed by atoms with van der Waals surface area (Å²) in [6, 6.07) is 20.6. The second-order valence-electron chi connectivity index (χ2n) is 10.3. The highest BCUT2D eigenvalue weighted by molar-refractivity contribution is 7.92. The van der Waals surface area contributed by atoms with Crippen molar-refractivity contribution in [1.82, 2.24) is 10.2 Å². The maximum Gasteiger partial charge on any atom is 0.243 e. The normalized spacial score (nSPS) is 11.9. The molecular weight excluding hydrogens is 609 g/mol. The molecular formula is C32H39Cl2N3O5S. The Labute approximate surface area is 265 Å². The third-order valence-corrected chi connectivity index (χ3v) is 8.86. The van der Waals surface area contributed by atoms with E-state index in [0.717, 1.165) is 30.2 Å². The van der Waals surface area contributed by atoms with Gasteiger partial charge in [-0.3, -0.25) is 13.9 Å². The molecule has 0 bridgehead atoms. The molecule has 232 valence electrons. The highest BCUT2D eigenvalue weighted by Crippen LogP contribution is 2.26. The smallest absolute Gasteiger partial charge is 0.243 e. The number of sulfonamides is 1. The fourth-order valence-electron chi connectivity index (χ4n) is 4.66. The fraction of sp³-hybridized carbons (Fsp3) is 0.375. The Morgan fingerprint density at radius 3 is 2.33 bits per heavy atom. The van der Waals surface area contributed by atoms with Crippen LogP contribution < -0.4 is 14.4 Å². The maximum absolute atomic E-state index is 13.9. The molecule has 0 heterocycles. The molecule has 2 amide bonds. The number of ether oxygens (including phenoxy) is 1. The first-order valence-electron chi connectivity index (χ1n) is 14.2. The van der Waals surface area contributed by atoms with E-state index >= 15 is 0 Å². The average Bonchev–Trinajstić information content (AvgIpc) is 2.98. The number of benzene rings is 3. The van der Waals surface area contributed by atoms with Crippen LogP contribution in [0.1, 0.15) is 43.7 Å². The van der Waals surface area contributed by atoms with Gasteiger partial charge in [-0.15, -0.1) is 0 Å². The Kier molecular flexibility index (Phi) is 13.2. The van der Waals surface area contributed by atoms with Crippen LogP contribution in [0.15, 0.2) is 72.8 Å². The van der Waals surface area contributed by atoms with Gasteiger partial charge in [0, 0.05) is 38.5 Å². The molecule has 43 heavy (non-hydrogen) atoms. The number of nitrogens with one attached hydrogen (secondary N) is 1. The van der Waals surface area contributed by atoms with Crippen molar-refractivity contribution in [1.29, 1.82) is 0 Å². The highest BCUT2D eigenvalue weighted by atomic mass is 35.5. The van der Waals surface area contributed by atoms with Gasteiger partial charge in [0.2, 0.25) is 21.8 Å². The Morgan fingerprint density at radius 2 is 1.67 bits per heavy atom. The molecule has 0 aliphatic carbocycles. The molecule has 3 aromatic carbocycles. The number of carbonyl (C=O) groups excluding carboxylic acids is 2. The van der Waals surface area contributed by atoms with Crippen molar-refractivity contribution in [3.8, 4) is 5.75 Å². The van der Waals surface area contributed by atoms with Crippen LogP contribution in [0.5, 0.6) is 5.75 Å². The zero-order valence-electron chi connectivity index (χ0n) is 24.8. The minimum atomic E-state index is -3.64. The van der Waals surface area contributed by atoms with Crippen molar-refractivity contribution in [2.24, 2.45) is 0 Å². The quantitative estimate of drug-likeness (QED) is 0.189. The van der Waals surface area contributed by atoms with Crippen LogP contribution in [-0.4, -0.2) is 57.6 Å². The molecule has 3 aromatic rings. The van der Waals surface area contributed by atoms with Crippen LogP contribution in [0.4, 0.5) is 5.69 Å². The standard InChI is InChI=1S/C32H39Cl2N3O5S/c1-4-5-18-35-32(39)30(21-24-11-7-6-8-12-24)36(23-25-16-17-28(33)29(34)20-25)31(38)15-10-19-37(43(3,40)41)26-13-9-14-27(22-26)42-2/h6-9,11-14,16-17,20,22,30H,4-5,10,15,18-19,21,23H2,1-3H3,(H,35,39)/t30-/m0/s1. The third-order valence-electron chi connectivity index (χ3n) is 6.93. The summed E-state index contributed by atoms with van der Waals surface area (Å²) in [5, 5.41) is 3.73. The van der Waals surface area contributed by atoms with E-state index in [9.17, 15) is 18.0 Å². The number of halogens is 2. The molecule has 0 radical (unpaired) electrons. The summed E-state index contributed by atoms with van der Waals surface area (Å²) in [6.45, 7) is 2.74. The van der Waals surface area contributed by atoms with Gasteiger partial charge < -0.3 is 15.0 Å². The van der Waals surface area contributed by atoms with Crippen molar-refractivity contribution in [2.45, 2.75) is 51.6 Å². The molecule has 0 spiro atoms. The number of amides is 2. The molecule has 1 atom stereocenters. The van der Waals surface area contributed by atoms with E-state index in [2.05, 4.69) is 5.32 Å². The van der Waals surface area contributed by atoms with Gasteiger partial charge in [-0.25, -0.2) is 8.42 Å². The maximum atomic E-state index is 13.9. The second-order valence-corrected chi connectivity index (χ2v) is 13.0. The lowest BCUT2D eigenvalue weighted by Gasteiger charge is -2.32. The summed E-state index contributed by atoms with van der Waals surface area (Å²) in [4.78, 5) is 29.1. The number of rotatable bonds is 16. The zero-order chi connectivity index (χ0) is 31.4. The van der Waals surface area contributed by atoms with E-state index in [1.54, 1.807) is 47.4 Å². The summed E-state index contributed by atoms with van der Waals surface area (Å²) in [7, 11) is -2.13. The van der Waals surface area contributed by atoms with Gasteiger partial charge in [-0.2, -0.15) is 0 Å². The van der Waals surface area contributed by atoms with Gasteiger partial charge in [0.05, 0.1) is 29.1 Å². The summed E-state index contributed by atoms with van der Waals surface area (Å²) < 4.78 is 31.9. The average molecular weight is 649 g/mol. The first-order chi connectivity index (χ1) is 20.5. The Balaban J connectivity index is 1.89. The highest BCUT2D eigenvalue weighted by Gasteiger charge is 2.30. The van der Waals surface area contributed by atoms with Crippen LogP contribution >= 0.6 is 23.2 Å². The lowest BCUT2D eigenvalue weighted by molar-refractivity contribution is -0.141. The molecule has 0 aliphatic rings. The third kappa shape index (κ3) is 10.4. The van der Waals surface area contributed by atoms with Gasteiger partial charge in [0.25, 0.3) is 0 Å². The summed E-state index contributed by atoms with van der Waals surface area (Å²) in [6.07, 6.45) is 3.42. The minimum absolute atomic E-state index is 0.0187. The molecule has 0 aliphatic heterocycles. The van der Waals surface area contributed by atoms with Crippen LogP contribution in [0, 0.1) is 0 Å².